The number of hydrogen-bond donors (Lipinski definition) is 3. The van der Waals surface area contributed by atoms with Crippen LogP contribution in [0.3, 0.4) is 0 Å². The maximum absolute atomic E-state index is 10.5. The summed E-state index contributed by atoms with van der Waals surface area (Å²) in [4.78, 5) is 0. The van der Waals surface area contributed by atoms with E-state index >= 15 is 0 Å². The molecule has 0 aromatic rings. The van der Waals surface area contributed by atoms with Gasteiger partial charge in [0.25, 0.3) is 0 Å². The van der Waals surface area contributed by atoms with E-state index in [1.807, 2.05) is 0 Å². The van der Waals surface area contributed by atoms with Crippen molar-refractivity contribution in [2.75, 3.05) is 0 Å². The summed E-state index contributed by atoms with van der Waals surface area (Å²) in [5.74, 6) is 0. The van der Waals surface area contributed by atoms with Crippen LogP contribution in [0.2, 0.25) is 0 Å². The van der Waals surface area contributed by atoms with Gasteiger partial charge in [-0.2, -0.15) is 0 Å². The molecule has 2 saturated heterocycles. The van der Waals surface area contributed by atoms with E-state index in [0.717, 1.165) is 25.7 Å². The predicted molar refractivity (Wildman–Crippen MR) is 57.0 cm³/mol. The molecule has 3 atom stereocenters. The summed E-state index contributed by atoms with van der Waals surface area (Å²) >= 11 is 0. The Hall–Kier alpha value is -0.120. The number of hydrogen-bond acceptors (Lipinski definition) is 3. The second-order valence-corrected chi connectivity index (χ2v) is 5.04. The van der Waals surface area contributed by atoms with E-state index in [1.54, 1.807) is 0 Å². The van der Waals surface area contributed by atoms with Crippen molar-refractivity contribution in [1.29, 1.82) is 0 Å². The van der Waals surface area contributed by atoms with Crippen LogP contribution >= 0.6 is 0 Å². The second-order valence-electron chi connectivity index (χ2n) is 5.04. The molecule has 3 nitrogen and oxygen atoms in total. The number of nitrogens with two attached hydrogens (primary N) is 1. The monoisotopic (exact) mass is 198 g/mol. The Morgan fingerprint density at radius 1 is 1.43 bits per heavy atom. The number of fused-ring (bicyclic) bond motifs is 2. The molecule has 2 rings (SSSR count). The second kappa shape index (κ2) is 3.80. The van der Waals surface area contributed by atoms with Gasteiger partial charge in [-0.15, -0.1) is 0 Å². The Morgan fingerprint density at radius 3 is 2.50 bits per heavy atom. The lowest BCUT2D eigenvalue weighted by molar-refractivity contribution is -0.0309. The lowest BCUT2D eigenvalue weighted by Gasteiger charge is -2.41. The van der Waals surface area contributed by atoms with Gasteiger partial charge in [0.1, 0.15) is 0 Å². The van der Waals surface area contributed by atoms with E-state index < -0.39 is 5.60 Å². The van der Waals surface area contributed by atoms with Gasteiger partial charge in [0.15, 0.2) is 0 Å². The Bertz CT molecular complexity index is 195. The summed E-state index contributed by atoms with van der Waals surface area (Å²) in [7, 11) is 0. The highest BCUT2D eigenvalue weighted by Crippen LogP contribution is 2.36. The van der Waals surface area contributed by atoms with Crippen molar-refractivity contribution in [2.24, 2.45) is 5.73 Å². The fourth-order valence-electron chi connectivity index (χ4n) is 3.04. The molecule has 2 aliphatic heterocycles. The minimum absolute atomic E-state index is 0.0299. The first-order valence-corrected chi connectivity index (χ1v) is 5.88. The third-order valence-electron chi connectivity index (χ3n) is 3.82. The van der Waals surface area contributed by atoms with E-state index in [0.29, 0.717) is 12.1 Å². The van der Waals surface area contributed by atoms with Crippen LogP contribution in [0.4, 0.5) is 0 Å². The first-order chi connectivity index (χ1) is 6.64. The van der Waals surface area contributed by atoms with Gasteiger partial charge in [-0.25, -0.2) is 0 Å². The highest BCUT2D eigenvalue weighted by molar-refractivity contribution is 5.04. The van der Waals surface area contributed by atoms with E-state index in [4.69, 9.17) is 5.73 Å². The fraction of sp³-hybridized carbons (Fsp3) is 1.00. The lowest BCUT2D eigenvalue weighted by atomic mass is 9.80. The predicted octanol–water partition coefficient (Wildman–Crippen LogP) is 0.759. The van der Waals surface area contributed by atoms with Gasteiger partial charge in [-0.1, -0.05) is 13.3 Å². The molecular formula is C11H22N2O. The first-order valence-electron chi connectivity index (χ1n) is 5.88. The normalized spacial score (nSPS) is 43.9. The third-order valence-corrected chi connectivity index (χ3v) is 3.82. The smallest absolute Gasteiger partial charge is 0.0827 e. The van der Waals surface area contributed by atoms with E-state index in [2.05, 4.69) is 12.2 Å². The van der Waals surface area contributed by atoms with Gasteiger partial charge in [0, 0.05) is 18.1 Å². The van der Waals surface area contributed by atoms with Crippen LogP contribution in [0.5, 0.6) is 0 Å². The summed E-state index contributed by atoms with van der Waals surface area (Å²) in [6, 6.07) is 1.00. The summed E-state index contributed by atoms with van der Waals surface area (Å²) in [5.41, 5.74) is 5.48. The summed E-state index contributed by atoms with van der Waals surface area (Å²) < 4.78 is 0. The molecule has 0 radical (unpaired) electrons. The van der Waals surface area contributed by atoms with Crippen LogP contribution in [0.15, 0.2) is 0 Å². The molecule has 4 N–H and O–H groups in total. The van der Waals surface area contributed by atoms with Crippen LogP contribution in [0.25, 0.3) is 0 Å². The van der Waals surface area contributed by atoms with Gasteiger partial charge in [0.05, 0.1) is 5.60 Å². The van der Waals surface area contributed by atoms with E-state index in [1.165, 1.54) is 12.8 Å². The van der Waals surface area contributed by atoms with Crippen molar-refractivity contribution in [1.82, 2.24) is 5.32 Å². The lowest BCUT2D eigenvalue weighted by Crippen LogP contribution is -2.57. The van der Waals surface area contributed by atoms with Crippen molar-refractivity contribution in [3.05, 3.63) is 0 Å². The van der Waals surface area contributed by atoms with Crippen LogP contribution in [0.1, 0.15) is 45.4 Å². The van der Waals surface area contributed by atoms with Crippen LogP contribution in [-0.4, -0.2) is 28.8 Å². The molecule has 3 unspecified atom stereocenters. The van der Waals surface area contributed by atoms with Gasteiger partial charge >= 0.3 is 0 Å². The Kier molecular flexibility index (Phi) is 2.82. The maximum atomic E-state index is 10.5. The number of piperidine rings is 1. The molecule has 2 heterocycles. The van der Waals surface area contributed by atoms with Crippen molar-refractivity contribution in [3.8, 4) is 0 Å². The van der Waals surface area contributed by atoms with Gasteiger partial charge in [-0.3, -0.25) is 0 Å². The highest BCUT2D eigenvalue weighted by atomic mass is 16.3. The Balaban J connectivity index is 2.01. The molecule has 0 aromatic carbocycles. The molecule has 0 amide bonds. The average Bonchev–Trinajstić information content (AvgIpc) is 2.46. The molecule has 0 spiro atoms. The molecule has 0 saturated carbocycles. The number of nitrogens with one attached hydrogen (secondary N) is 1. The van der Waals surface area contributed by atoms with Gasteiger partial charge in [-0.05, 0) is 32.1 Å². The largest absolute Gasteiger partial charge is 0.388 e. The minimum atomic E-state index is -0.590. The minimum Gasteiger partial charge on any atom is -0.388 e. The van der Waals surface area contributed by atoms with Crippen molar-refractivity contribution >= 4 is 0 Å². The molecule has 3 heteroatoms. The summed E-state index contributed by atoms with van der Waals surface area (Å²) in [5, 5.41) is 14.0. The molecule has 14 heavy (non-hydrogen) atoms. The van der Waals surface area contributed by atoms with Crippen molar-refractivity contribution in [3.63, 3.8) is 0 Å². The molecule has 0 aromatic heterocycles. The van der Waals surface area contributed by atoms with Gasteiger partial charge in [0.2, 0.25) is 0 Å². The topological polar surface area (TPSA) is 58.3 Å². The average molecular weight is 198 g/mol. The molecule has 0 aliphatic carbocycles. The quantitative estimate of drug-likeness (QED) is 0.627. The van der Waals surface area contributed by atoms with Gasteiger partial charge < -0.3 is 16.2 Å². The molecule has 2 aliphatic rings. The van der Waals surface area contributed by atoms with Crippen molar-refractivity contribution in [2.45, 2.75) is 69.2 Å². The molecule has 2 bridgehead atoms. The third kappa shape index (κ3) is 1.81. The molecule has 82 valence electrons. The van der Waals surface area contributed by atoms with E-state index in [9.17, 15) is 5.11 Å². The van der Waals surface area contributed by atoms with Crippen LogP contribution < -0.4 is 11.1 Å². The zero-order valence-corrected chi connectivity index (χ0v) is 9.00. The zero-order chi connectivity index (χ0) is 10.2. The van der Waals surface area contributed by atoms with Crippen LogP contribution in [-0.2, 0) is 0 Å². The molecule has 2 fully saturated rings. The SMILES string of the molecule is CCCC(N)C1(O)CC2CCC(C1)N2. The Labute approximate surface area is 86.1 Å². The highest BCUT2D eigenvalue weighted by Gasteiger charge is 2.45. The standard InChI is InChI=1S/C11H22N2O/c1-2-3-10(12)11(14)6-8-4-5-9(7-11)13-8/h8-10,13-14H,2-7,12H2,1H3. The zero-order valence-electron chi connectivity index (χ0n) is 9.00. The van der Waals surface area contributed by atoms with Crippen LogP contribution in [0, 0.1) is 0 Å². The van der Waals surface area contributed by atoms with E-state index in [-0.39, 0.29) is 6.04 Å². The number of rotatable bonds is 3. The fourth-order valence-corrected chi connectivity index (χ4v) is 3.04. The maximum Gasteiger partial charge on any atom is 0.0827 e. The first kappa shape index (κ1) is 10.4. The van der Waals surface area contributed by atoms with Crippen molar-refractivity contribution < 1.29 is 5.11 Å². The number of aliphatic hydroxyl groups is 1. The summed E-state index contributed by atoms with van der Waals surface area (Å²) in [6.07, 6.45) is 6.13. The summed E-state index contributed by atoms with van der Waals surface area (Å²) in [6.45, 7) is 2.12. The molecular weight excluding hydrogens is 176 g/mol. The Morgan fingerprint density at radius 2 is 2.00 bits per heavy atom.